The Balaban J connectivity index is 1.28. The van der Waals surface area contributed by atoms with E-state index in [-0.39, 0.29) is 17.9 Å². The molecule has 3 saturated carbocycles. The predicted octanol–water partition coefficient (Wildman–Crippen LogP) is 2.87. The number of fused-ring (bicyclic) bond motifs is 3. The van der Waals surface area contributed by atoms with Crippen molar-refractivity contribution >= 4 is 36.7 Å². The average Bonchev–Trinajstić information content (AvgIpc) is 3.45. The predicted molar refractivity (Wildman–Crippen MR) is 114 cm³/mol. The van der Waals surface area contributed by atoms with Gasteiger partial charge >= 0.3 is 0 Å². The van der Waals surface area contributed by atoms with E-state index in [4.69, 9.17) is 0 Å². The van der Waals surface area contributed by atoms with Crippen LogP contribution < -0.4 is 4.90 Å². The number of nitrogens with zero attached hydrogens (tertiary/aromatic N) is 3. The Morgan fingerprint density at radius 3 is 2.70 bits per heavy atom. The lowest BCUT2D eigenvalue weighted by atomic mass is 9.58. The molecule has 1 aromatic carbocycles. The molecule has 2 aliphatic heterocycles. The molecule has 7 rings (SSSR count). The summed E-state index contributed by atoms with van der Waals surface area (Å²) in [6.07, 6.45) is 2.39. The second-order valence-electron chi connectivity index (χ2n) is 9.41. The number of hydrogen-bond donors (Lipinski definition) is 1. The summed E-state index contributed by atoms with van der Waals surface area (Å²) in [5.41, 5.74) is 0.757. The van der Waals surface area contributed by atoms with Gasteiger partial charge in [0.25, 0.3) is 0 Å². The summed E-state index contributed by atoms with van der Waals surface area (Å²) in [4.78, 5) is 6.83. The Hall–Kier alpha value is -1.29. The summed E-state index contributed by atoms with van der Waals surface area (Å²) < 4.78 is 42.9. The molecule has 3 heterocycles. The Morgan fingerprint density at radius 2 is 1.93 bits per heavy atom. The van der Waals surface area contributed by atoms with Crippen LogP contribution in [0, 0.1) is 23.7 Å². The van der Waals surface area contributed by atoms with E-state index in [0.717, 1.165) is 34.6 Å². The summed E-state index contributed by atoms with van der Waals surface area (Å²) in [7, 11) is -3.59. The van der Waals surface area contributed by atoms with Gasteiger partial charge in [0.1, 0.15) is 6.17 Å². The number of aliphatic hydroxyl groups excluding tert-OH is 1. The molecule has 1 N–H and O–H groups in total. The third kappa shape index (κ3) is 2.92. The number of rotatable bonds is 3. The molecule has 0 unspecified atom stereocenters. The highest BCUT2D eigenvalue weighted by Gasteiger charge is 2.53. The number of hydrogen-bond acceptors (Lipinski definition) is 6. The van der Waals surface area contributed by atoms with Gasteiger partial charge in [-0.25, -0.2) is 17.8 Å². The van der Waals surface area contributed by atoms with Gasteiger partial charge in [-0.3, -0.25) is 0 Å². The van der Waals surface area contributed by atoms with E-state index in [1.807, 2.05) is 4.90 Å². The zero-order valence-electron chi connectivity index (χ0n) is 16.7. The molecule has 6 nitrogen and oxygen atoms in total. The molecule has 30 heavy (non-hydrogen) atoms. The molecule has 2 saturated heterocycles. The lowest BCUT2D eigenvalue weighted by molar-refractivity contribution is -0.0574. The van der Waals surface area contributed by atoms with Crippen molar-refractivity contribution in [1.82, 2.24) is 9.29 Å². The van der Waals surface area contributed by atoms with Gasteiger partial charge < -0.3 is 10.0 Å². The van der Waals surface area contributed by atoms with Crippen LogP contribution in [-0.4, -0.2) is 61.3 Å². The average molecular weight is 452 g/mol. The smallest absolute Gasteiger partial charge is 0.243 e. The SMILES string of the molecule is O=S(=O)(c1ccc2nc(N3CC[C@@H](F)C3)sc2c1)N1C[C@@H]2[C@H]3CC[C@H](C[C@H]3O)[C@@H]2C1. The number of aliphatic hydroxyl groups is 1. The van der Waals surface area contributed by atoms with Gasteiger partial charge in [0.05, 0.1) is 27.8 Å². The Morgan fingerprint density at radius 1 is 1.10 bits per heavy atom. The van der Waals surface area contributed by atoms with E-state index >= 15 is 0 Å². The fourth-order valence-electron chi connectivity index (χ4n) is 6.28. The van der Waals surface area contributed by atoms with Crippen molar-refractivity contribution in [1.29, 1.82) is 0 Å². The zero-order valence-corrected chi connectivity index (χ0v) is 18.3. The molecule has 2 bridgehead atoms. The molecule has 0 spiro atoms. The molecule has 9 heteroatoms. The minimum atomic E-state index is -3.59. The number of aromatic nitrogens is 1. The summed E-state index contributed by atoms with van der Waals surface area (Å²) in [5.74, 6) is 1.35. The molecule has 0 amide bonds. The Kier molecular flexibility index (Phi) is 4.43. The highest BCUT2D eigenvalue weighted by molar-refractivity contribution is 7.89. The van der Waals surface area contributed by atoms with E-state index in [9.17, 15) is 17.9 Å². The lowest BCUT2D eigenvalue weighted by Gasteiger charge is -2.47. The number of thiazole rings is 1. The quantitative estimate of drug-likeness (QED) is 0.777. The standard InChI is InChI=1S/C21H26FN3O3S2/c22-13-5-6-24(9-13)21-23-18-4-2-14(8-20(18)29-21)30(27,28)25-10-16-12-1-3-15(17(16)11-25)19(26)7-12/h2,4,8,12-13,15-17,19,26H,1,3,5-7,9-11H2/t12-,13-,15-,16+,17-,19-/m1/s1. The van der Waals surface area contributed by atoms with Crippen molar-refractivity contribution in [2.45, 2.75) is 42.9 Å². The van der Waals surface area contributed by atoms with Gasteiger partial charge in [-0.15, -0.1) is 0 Å². The highest BCUT2D eigenvalue weighted by atomic mass is 32.2. The molecule has 2 aromatic rings. The number of anilines is 1. The summed E-state index contributed by atoms with van der Waals surface area (Å²) in [5, 5.41) is 11.1. The number of alkyl halides is 1. The summed E-state index contributed by atoms with van der Waals surface area (Å²) in [6.45, 7) is 2.09. The van der Waals surface area contributed by atoms with Crippen LogP contribution in [0.2, 0.25) is 0 Å². The van der Waals surface area contributed by atoms with Crippen LogP contribution in [0.5, 0.6) is 0 Å². The van der Waals surface area contributed by atoms with E-state index in [1.54, 1.807) is 22.5 Å². The van der Waals surface area contributed by atoms with Crippen LogP contribution in [0.3, 0.4) is 0 Å². The first-order valence-corrected chi connectivity index (χ1v) is 13.1. The summed E-state index contributed by atoms with van der Waals surface area (Å²) in [6, 6.07) is 5.14. The van der Waals surface area contributed by atoms with Crippen molar-refractivity contribution < 1.29 is 17.9 Å². The van der Waals surface area contributed by atoms with Crippen LogP contribution in [0.15, 0.2) is 23.1 Å². The second-order valence-corrected chi connectivity index (χ2v) is 12.4. The highest BCUT2D eigenvalue weighted by Crippen LogP contribution is 2.52. The molecule has 5 aliphatic rings. The molecule has 6 atom stereocenters. The van der Waals surface area contributed by atoms with Crippen LogP contribution in [0.1, 0.15) is 25.7 Å². The van der Waals surface area contributed by atoms with Gasteiger partial charge in [-0.2, -0.15) is 4.31 Å². The topological polar surface area (TPSA) is 73.7 Å². The monoisotopic (exact) mass is 451 g/mol. The van der Waals surface area contributed by atoms with Crippen molar-refractivity contribution in [3.63, 3.8) is 0 Å². The van der Waals surface area contributed by atoms with Gasteiger partial charge in [0.15, 0.2) is 5.13 Å². The Bertz CT molecular complexity index is 1090. The molecule has 3 aliphatic carbocycles. The summed E-state index contributed by atoms with van der Waals surface area (Å²) >= 11 is 1.43. The van der Waals surface area contributed by atoms with E-state index in [1.165, 1.54) is 11.3 Å². The fraction of sp³-hybridized carbons (Fsp3) is 0.667. The normalized spacial score (nSPS) is 36.7. The van der Waals surface area contributed by atoms with Crippen molar-refractivity contribution in [2.75, 3.05) is 31.1 Å². The van der Waals surface area contributed by atoms with Crippen molar-refractivity contribution in [3.05, 3.63) is 18.2 Å². The first kappa shape index (κ1) is 19.4. The molecule has 5 fully saturated rings. The Labute approximate surface area is 179 Å². The first-order chi connectivity index (χ1) is 14.4. The number of halogens is 1. The molecule has 162 valence electrons. The minimum absolute atomic E-state index is 0.242. The van der Waals surface area contributed by atoms with Crippen LogP contribution in [0.25, 0.3) is 10.2 Å². The minimum Gasteiger partial charge on any atom is -0.393 e. The van der Waals surface area contributed by atoms with Crippen molar-refractivity contribution in [3.8, 4) is 0 Å². The largest absolute Gasteiger partial charge is 0.393 e. The number of sulfonamides is 1. The zero-order chi connectivity index (χ0) is 20.6. The van der Waals surface area contributed by atoms with E-state index in [2.05, 4.69) is 4.98 Å². The maximum absolute atomic E-state index is 13.6. The third-order valence-corrected chi connectivity index (χ3v) is 10.7. The van der Waals surface area contributed by atoms with Gasteiger partial charge in [0.2, 0.25) is 10.0 Å². The first-order valence-electron chi connectivity index (χ1n) is 10.9. The maximum atomic E-state index is 13.6. The van der Waals surface area contributed by atoms with Crippen molar-refractivity contribution in [2.24, 2.45) is 23.7 Å². The molecular weight excluding hydrogens is 425 g/mol. The van der Waals surface area contributed by atoms with E-state index in [0.29, 0.717) is 49.3 Å². The molecule has 1 aromatic heterocycles. The van der Waals surface area contributed by atoms with Gasteiger partial charge in [-0.1, -0.05) is 11.3 Å². The molecule has 0 radical (unpaired) electrons. The van der Waals surface area contributed by atoms with Gasteiger partial charge in [-0.05, 0) is 67.6 Å². The van der Waals surface area contributed by atoms with Crippen LogP contribution >= 0.6 is 11.3 Å². The lowest BCUT2D eigenvalue weighted by Crippen LogP contribution is -2.47. The van der Waals surface area contributed by atoms with E-state index < -0.39 is 16.2 Å². The third-order valence-electron chi connectivity index (χ3n) is 7.83. The fourth-order valence-corrected chi connectivity index (χ4v) is 8.94. The maximum Gasteiger partial charge on any atom is 0.243 e. The van der Waals surface area contributed by atoms with Crippen LogP contribution in [0.4, 0.5) is 9.52 Å². The van der Waals surface area contributed by atoms with Gasteiger partial charge in [0, 0.05) is 19.6 Å². The second kappa shape index (κ2) is 6.85. The molecular formula is C21H26FN3O3S2. The number of benzene rings is 1. The van der Waals surface area contributed by atoms with Crippen LogP contribution in [-0.2, 0) is 10.0 Å².